The molecule has 0 fully saturated rings. The van der Waals surface area contributed by atoms with Crippen molar-refractivity contribution >= 4 is 42.2 Å². The molecule has 1 amide bonds. The van der Waals surface area contributed by atoms with E-state index in [-0.39, 0.29) is 104 Å². The van der Waals surface area contributed by atoms with Crippen LogP contribution in [0.5, 0.6) is 34.5 Å². The Bertz CT molecular complexity index is 1850. The maximum atomic E-state index is 13.3. The van der Waals surface area contributed by atoms with Gasteiger partial charge in [0.15, 0.2) is 23.0 Å². The van der Waals surface area contributed by atoms with Crippen molar-refractivity contribution in [3.8, 4) is 34.5 Å². The lowest BCUT2D eigenvalue weighted by atomic mass is 10.1. The summed E-state index contributed by atoms with van der Waals surface area (Å²) in [5.41, 5.74) is -0.207. The number of methoxy groups -OCH3 is 2. The Morgan fingerprint density at radius 3 is 1.54 bits per heavy atom. The van der Waals surface area contributed by atoms with Crippen molar-refractivity contribution in [1.82, 2.24) is 10.5 Å². The van der Waals surface area contributed by atoms with Crippen molar-refractivity contribution in [2.75, 3.05) is 71.4 Å². The number of hydrogen-bond donors (Lipinski definition) is 5. The lowest BCUT2D eigenvalue weighted by Gasteiger charge is -2.21. The Hall–Kier alpha value is -4.69. The average Bonchev–Trinajstić information content (AvgIpc) is 3.07. The van der Waals surface area contributed by atoms with Crippen LogP contribution in [0, 0.1) is 0 Å². The normalized spacial score (nSPS) is 11.9. The number of carbonyl (C=O) groups excluding carboxylic acids is 1. The highest BCUT2D eigenvalue weighted by Gasteiger charge is 2.22. The minimum absolute atomic E-state index is 0.00466. The standard InChI is InChI=1S/C29H42N4O18S3/c1-30-32-33(51-27-22(46-2)18-21(29(35)36)19-23(27)47-3)9-4-8-31-28(34)20-16-24(48-10-5-13-52(37,38)39)26(50-12-7-15-54(43,44)45)25(17-20)49-11-6-14-53(40,41)42/h16-19H,4-15H2,1-3H3,(H,31,34)(H,35,36)(H,37,38,39)(H,40,41,42)(H,43,44,45)/b32-30-. The quantitative estimate of drug-likeness (QED) is 0.0390. The monoisotopic (exact) mass is 830 g/mol. The minimum Gasteiger partial charge on any atom is -0.493 e. The summed E-state index contributed by atoms with van der Waals surface area (Å²) in [6.07, 6.45) is -0.402. The summed E-state index contributed by atoms with van der Waals surface area (Å²) in [6, 6.07) is 4.87. The molecule has 25 heteroatoms. The van der Waals surface area contributed by atoms with Crippen LogP contribution in [0.15, 0.2) is 34.6 Å². The van der Waals surface area contributed by atoms with E-state index < -0.39 is 59.5 Å². The number of carboxylic acids is 1. The molecule has 2 aromatic carbocycles. The fraction of sp³-hybridized carbons (Fsp3) is 0.517. The molecule has 0 aliphatic rings. The Morgan fingerprint density at radius 2 is 1.13 bits per heavy atom. The second-order valence-corrected chi connectivity index (χ2v) is 15.6. The van der Waals surface area contributed by atoms with Crippen LogP contribution >= 0.6 is 0 Å². The lowest BCUT2D eigenvalue weighted by Crippen LogP contribution is -2.29. The first-order chi connectivity index (χ1) is 25.3. The van der Waals surface area contributed by atoms with E-state index in [0.29, 0.717) is 0 Å². The van der Waals surface area contributed by atoms with E-state index >= 15 is 0 Å². The number of benzene rings is 2. The summed E-state index contributed by atoms with van der Waals surface area (Å²) in [6.45, 7) is -0.919. The molecular weight excluding hydrogens is 789 g/mol. The molecule has 0 heterocycles. The molecule has 54 heavy (non-hydrogen) atoms. The Labute approximate surface area is 311 Å². The van der Waals surface area contributed by atoms with Gasteiger partial charge in [-0.25, -0.2) is 4.79 Å². The molecule has 0 saturated heterocycles. The van der Waals surface area contributed by atoms with Crippen LogP contribution in [-0.2, 0) is 30.4 Å². The summed E-state index contributed by atoms with van der Waals surface area (Å²) in [4.78, 5) is 30.6. The number of rotatable bonds is 26. The molecule has 0 atom stereocenters. The van der Waals surface area contributed by atoms with E-state index in [1.807, 2.05) is 0 Å². The molecule has 304 valence electrons. The largest absolute Gasteiger partial charge is 0.493 e. The second-order valence-electron chi connectivity index (χ2n) is 10.8. The van der Waals surface area contributed by atoms with Crippen molar-refractivity contribution < 1.29 is 82.1 Å². The Morgan fingerprint density at radius 1 is 0.685 bits per heavy atom. The van der Waals surface area contributed by atoms with Crippen molar-refractivity contribution in [2.24, 2.45) is 10.3 Å². The maximum absolute atomic E-state index is 13.3. The van der Waals surface area contributed by atoms with E-state index in [2.05, 4.69) is 15.7 Å². The predicted molar refractivity (Wildman–Crippen MR) is 188 cm³/mol. The molecule has 0 bridgehead atoms. The topological polar surface area (TPSA) is 313 Å². The van der Waals surface area contributed by atoms with E-state index in [4.69, 9.17) is 42.2 Å². The smallest absolute Gasteiger partial charge is 0.335 e. The van der Waals surface area contributed by atoms with Gasteiger partial charge in [-0.15, -0.1) is 5.17 Å². The summed E-state index contributed by atoms with van der Waals surface area (Å²) >= 11 is 0. The predicted octanol–water partition coefficient (Wildman–Crippen LogP) is 1.79. The van der Waals surface area contributed by atoms with Gasteiger partial charge in [0.1, 0.15) is 0 Å². The highest BCUT2D eigenvalue weighted by Crippen LogP contribution is 2.40. The van der Waals surface area contributed by atoms with Crippen molar-refractivity contribution in [3.05, 3.63) is 35.4 Å². The molecule has 0 radical (unpaired) electrons. The van der Waals surface area contributed by atoms with Gasteiger partial charge in [0.05, 0.1) is 70.5 Å². The van der Waals surface area contributed by atoms with Gasteiger partial charge in [-0.1, -0.05) is 0 Å². The number of aromatic carboxylic acids is 1. The van der Waals surface area contributed by atoms with E-state index in [1.54, 1.807) is 0 Å². The fourth-order valence-corrected chi connectivity index (χ4v) is 5.70. The van der Waals surface area contributed by atoms with Gasteiger partial charge < -0.3 is 38.9 Å². The first-order valence-corrected chi connectivity index (χ1v) is 20.5. The van der Waals surface area contributed by atoms with E-state index in [0.717, 1.165) is 5.17 Å². The zero-order chi connectivity index (χ0) is 40.5. The van der Waals surface area contributed by atoms with Crippen molar-refractivity contribution in [2.45, 2.75) is 25.7 Å². The lowest BCUT2D eigenvalue weighted by molar-refractivity contribution is -0.0692. The highest BCUT2D eigenvalue weighted by molar-refractivity contribution is 7.86. The van der Waals surface area contributed by atoms with Crippen molar-refractivity contribution in [1.29, 1.82) is 0 Å². The fourth-order valence-electron chi connectivity index (χ4n) is 4.25. The highest BCUT2D eigenvalue weighted by atomic mass is 32.2. The second kappa shape index (κ2) is 21.3. The van der Waals surface area contributed by atoms with Gasteiger partial charge in [0.25, 0.3) is 36.3 Å². The summed E-state index contributed by atoms with van der Waals surface area (Å²) in [5.74, 6) is -4.39. The molecule has 0 unspecified atom stereocenters. The van der Waals surface area contributed by atoms with Crippen LogP contribution in [0.3, 0.4) is 0 Å². The molecule has 0 saturated carbocycles. The van der Waals surface area contributed by atoms with E-state index in [9.17, 15) is 39.9 Å². The summed E-state index contributed by atoms with van der Waals surface area (Å²) in [7, 11) is -9.06. The van der Waals surface area contributed by atoms with Crippen LogP contribution in [0.4, 0.5) is 0 Å². The van der Waals surface area contributed by atoms with Gasteiger partial charge in [-0.05, 0) is 55.2 Å². The number of carbonyl (C=O) groups is 2. The molecule has 22 nitrogen and oxygen atoms in total. The van der Waals surface area contributed by atoms with E-state index in [1.165, 1.54) is 45.5 Å². The SMILES string of the molecule is C/N=N\N(CCCNC(=O)c1cc(OCCCS(=O)(=O)O)c(OCCCS(=O)(=O)O)c(OCCCS(=O)(=O)O)c1)Oc1c(OC)cc(C(=O)O)cc1OC. The van der Waals surface area contributed by atoms with Gasteiger partial charge in [0, 0.05) is 12.1 Å². The van der Waals surface area contributed by atoms with Crippen LogP contribution in [-0.4, -0.2) is 133 Å². The van der Waals surface area contributed by atoms with Crippen LogP contribution < -0.4 is 33.8 Å². The number of carboxylic acid groups (broad SMARTS) is 1. The molecule has 0 aliphatic heterocycles. The van der Waals surface area contributed by atoms with Crippen LogP contribution in [0.25, 0.3) is 0 Å². The molecule has 2 aromatic rings. The molecule has 2 rings (SSSR count). The first-order valence-electron chi connectivity index (χ1n) is 15.7. The number of hydroxylamine groups is 1. The minimum atomic E-state index is -4.34. The van der Waals surface area contributed by atoms with Gasteiger partial charge in [-0.2, -0.15) is 30.4 Å². The summed E-state index contributed by atoms with van der Waals surface area (Å²) in [5, 5.41) is 20.7. The number of nitrogens with zero attached hydrogens (tertiary/aromatic N) is 3. The third-order valence-electron chi connectivity index (χ3n) is 6.59. The third kappa shape index (κ3) is 17.0. The molecule has 0 aromatic heterocycles. The maximum Gasteiger partial charge on any atom is 0.335 e. The van der Waals surface area contributed by atoms with Crippen LogP contribution in [0.1, 0.15) is 46.4 Å². The Kier molecular flexibility index (Phi) is 17.9. The summed E-state index contributed by atoms with van der Waals surface area (Å²) < 4.78 is 122. The number of hydrogen-bond acceptors (Lipinski definition) is 16. The zero-order valence-corrected chi connectivity index (χ0v) is 31.8. The Balaban J connectivity index is 2.30. The number of ether oxygens (including phenoxy) is 5. The number of nitrogens with one attached hydrogen (secondary N) is 1. The molecular formula is C29H42N4O18S3. The first kappa shape index (κ1) is 45.5. The molecule has 0 aliphatic carbocycles. The average molecular weight is 831 g/mol. The van der Waals surface area contributed by atoms with Crippen molar-refractivity contribution in [3.63, 3.8) is 0 Å². The van der Waals surface area contributed by atoms with Gasteiger partial charge in [-0.3, -0.25) is 18.5 Å². The number of amides is 1. The van der Waals surface area contributed by atoms with Gasteiger partial charge in [0.2, 0.25) is 11.5 Å². The zero-order valence-electron chi connectivity index (χ0n) is 29.4. The molecule has 0 spiro atoms. The van der Waals surface area contributed by atoms with Gasteiger partial charge >= 0.3 is 5.97 Å². The molecule has 5 N–H and O–H groups in total. The van der Waals surface area contributed by atoms with Crippen LogP contribution in [0.2, 0.25) is 0 Å². The third-order valence-corrected chi connectivity index (χ3v) is 9.00.